The Labute approximate surface area is 147 Å². The van der Waals surface area contributed by atoms with E-state index < -0.39 is 11.6 Å². The molecule has 3 atom stereocenters. The first-order valence-corrected chi connectivity index (χ1v) is 9.20. The number of amides is 1. The first kappa shape index (κ1) is 16.7. The lowest BCUT2D eigenvalue weighted by molar-refractivity contribution is -0.135. The van der Waals surface area contributed by atoms with E-state index in [0.717, 1.165) is 32.0 Å². The minimum Gasteiger partial charge on any atom is -0.337 e. The number of nitrogens with zero attached hydrogens (tertiary/aromatic N) is 2. The number of rotatable bonds is 3. The van der Waals surface area contributed by atoms with Gasteiger partial charge in [0, 0.05) is 24.9 Å². The monoisotopic (exact) mass is 346 g/mol. The number of likely N-dealkylation sites (tertiary alicyclic amines) is 1. The number of piperidine rings is 3. The van der Waals surface area contributed by atoms with Gasteiger partial charge in [-0.05, 0) is 50.4 Å². The Morgan fingerprint density at radius 2 is 2.00 bits per heavy atom. The summed E-state index contributed by atoms with van der Waals surface area (Å²) >= 11 is 0. The summed E-state index contributed by atoms with van der Waals surface area (Å²) in [6, 6.07) is 4.66. The maximum absolute atomic E-state index is 14.5. The number of carbonyl (C=O) groups is 1. The summed E-state index contributed by atoms with van der Waals surface area (Å²) in [5.41, 5.74) is 0.420. The van der Waals surface area contributed by atoms with Gasteiger partial charge in [0.1, 0.15) is 0 Å². The Kier molecular flexibility index (Phi) is 4.36. The summed E-state index contributed by atoms with van der Waals surface area (Å²) in [5, 5.41) is 0. The highest BCUT2D eigenvalue weighted by atomic mass is 19.2. The molecular formula is C20H24F2N2O. The van der Waals surface area contributed by atoms with Crippen LogP contribution in [0.2, 0.25) is 0 Å². The van der Waals surface area contributed by atoms with Crippen LogP contribution in [0.4, 0.5) is 8.78 Å². The van der Waals surface area contributed by atoms with Crippen LogP contribution in [0.25, 0.3) is 0 Å². The standard InChI is InChI=1S/C20H24F2N2O/c1-2-3-7-17(25)24-12-15(14-5-4-6-16(21)18(14)22)20-19(24)13-8-10-23(20)11-9-13/h2-6,13,15,19-20H,7-12H2,1H3/t15-,19+,20+/m0/s1. The van der Waals surface area contributed by atoms with E-state index >= 15 is 0 Å². The zero-order valence-electron chi connectivity index (χ0n) is 14.5. The van der Waals surface area contributed by atoms with Crippen molar-refractivity contribution in [3.8, 4) is 0 Å². The van der Waals surface area contributed by atoms with Gasteiger partial charge in [0.25, 0.3) is 0 Å². The first-order chi connectivity index (χ1) is 12.1. The molecule has 2 bridgehead atoms. The molecule has 1 aromatic carbocycles. The van der Waals surface area contributed by atoms with Gasteiger partial charge in [-0.2, -0.15) is 0 Å². The molecular weight excluding hydrogens is 322 g/mol. The molecule has 1 aromatic rings. The Balaban J connectivity index is 1.71. The summed E-state index contributed by atoms with van der Waals surface area (Å²) in [4.78, 5) is 17.1. The van der Waals surface area contributed by atoms with Crippen molar-refractivity contribution < 1.29 is 13.6 Å². The molecule has 5 heteroatoms. The topological polar surface area (TPSA) is 23.6 Å². The quantitative estimate of drug-likeness (QED) is 0.784. The van der Waals surface area contributed by atoms with Gasteiger partial charge in [0.15, 0.2) is 11.6 Å². The lowest BCUT2D eigenvalue weighted by Gasteiger charge is -2.51. The van der Waals surface area contributed by atoms with Crippen LogP contribution in [0.1, 0.15) is 37.7 Å². The Bertz CT molecular complexity index is 697. The van der Waals surface area contributed by atoms with Gasteiger partial charge in [0.05, 0.1) is 6.04 Å². The molecule has 0 aromatic heterocycles. The fourth-order valence-corrected chi connectivity index (χ4v) is 5.12. The minimum absolute atomic E-state index is 0.0983. The molecule has 0 spiro atoms. The largest absolute Gasteiger partial charge is 0.337 e. The Hall–Kier alpha value is -1.75. The maximum atomic E-state index is 14.5. The highest BCUT2D eigenvalue weighted by Gasteiger charge is 2.54. The van der Waals surface area contributed by atoms with Gasteiger partial charge >= 0.3 is 0 Å². The predicted molar refractivity (Wildman–Crippen MR) is 92.1 cm³/mol. The zero-order valence-corrected chi connectivity index (χ0v) is 14.5. The average molecular weight is 346 g/mol. The van der Waals surface area contributed by atoms with E-state index in [1.54, 1.807) is 12.1 Å². The third-order valence-corrected chi connectivity index (χ3v) is 6.22. The molecule has 5 rings (SSSR count). The van der Waals surface area contributed by atoms with Crippen molar-refractivity contribution in [1.29, 1.82) is 0 Å². The molecule has 4 aliphatic heterocycles. The van der Waals surface area contributed by atoms with Crippen molar-refractivity contribution in [3.63, 3.8) is 0 Å². The van der Waals surface area contributed by atoms with E-state index in [2.05, 4.69) is 4.90 Å². The van der Waals surface area contributed by atoms with E-state index in [0.29, 0.717) is 24.4 Å². The van der Waals surface area contributed by atoms with E-state index in [1.165, 1.54) is 0 Å². The molecule has 134 valence electrons. The summed E-state index contributed by atoms with van der Waals surface area (Å²) in [6.07, 6.45) is 6.31. The van der Waals surface area contributed by atoms with Gasteiger partial charge in [-0.15, -0.1) is 0 Å². The van der Waals surface area contributed by atoms with Crippen LogP contribution < -0.4 is 0 Å². The predicted octanol–water partition coefficient (Wildman–Crippen LogP) is 3.32. The van der Waals surface area contributed by atoms with Crippen molar-refractivity contribution in [3.05, 3.63) is 47.5 Å². The van der Waals surface area contributed by atoms with Crippen molar-refractivity contribution >= 4 is 5.91 Å². The van der Waals surface area contributed by atoms with E-state index in [-0.39, 0.29) is 23.9 Å². The molecule has 25 heavy (non-hydrogen) atoms. The van der Waals surface area contributed by atoms with Crippen LogP contribution in [0.15, 0.2) is 30.4 Å². The Morgan fingerprint density at radius 3 is 2.72 bits per heavy atom. The second-order valence-electron chi connectivity index (χ2n) is 7.42. The molecule has 1 amide bonds. The zero-order chi connectivity index (χ0) is 17.6. The first-order valence-electron chi connectivity index (χ1n) is 9.20. The number of allylic oxidation sites excluding steroid dienone is 1. The van der Waals surface area contributed by atoms with Crippen molar-refractivity contribution in [2.24, 2.45) is 5.92 Å². The maximum Gasteiger partial charge on any atom is 0.226 e. The molecule has 4 saturated heterocycles. The van der Waals surface area contributed by atoms with E-state index in [4.69, 9.17) is 0 Å². The average Bonchev–Trinajstić information content (AvgIpc) is 3.06. The highest BCUT2D eigenvalue weighted by molar-refractivity contribution is 5.79. The number of carbonyl (C=O) groups excluding carboxylic acids is 1. The van der Waals surface area contributed by atoms with Gasteiger partial charge in [-0.1, -0.05) is 24.3 Å². The second-order valence-corrected chi connectivity index (χ2v) is 7.42. The van der Waals surface area contributed by atoms with Crippen LogP contribution in [0.5, 0.6) is 0 Å². The molecule has 0 radical (unpaired) electrons. The molecule has 3 nitrogen and oxygen atoms in total. The summed E-state index contributed by atoms with van der Waals surface area (Å²) < 4.78 is 28.3. The van der Waals surface area contributed by atoms with Crippen LogP contribution in [-0.2, 0) is 4.79 Å². The number of hydrogen-bond acceptors (Lipinski definition) is 2. The van der Waals surface area contributed by atoms with E-state index in [9.17, 15) is 13.6 Å². The lowest BCUT2D eigenvalue weighted by Crippen LogP contribution is -2.60. The van der Waals surface area contributed by atoms with Crippen LogP contribution in [-0.4, -0.2) is 47.4 Å². The third kappa shape index (κ3) is 2.69. The molecule has 0 N–H and O–H groups in total. The molecule has 4 heterocycles. The summed E-state index contributed by atoms with van der Waals surface area (Å²) in [5.74, 6) is -1.13. The summed E-state index contributed by atoms with van der Waals surface area (Å²) in [6.45, 7) is 4.38. The van der Waals surface area contributed by atoms with Crippen LogP contribution >= 0.6 is 0 Å². The molecule has 0 saturated carbocycles. The summed E-state index contributed by atoms with van der Waals surface area (Å²) in [7, 11) is 0. The molecule has 4 fully saturated rings. The van der Waals surface area contributed by atoms with Crippen LogP contribution in [0.3, 0.4) is 0 Å². The number of hydrogen-bond donors (Lipinski definition) is 0. The Morgan fingerprint density at radius 1 is 1.24 bits per heavy atom. The van der Waals surface area contributed by atoms with Gasteiger partial charge in [0.2, 0.25) is 5.91 Å². The smallest absolute Gasteiger partial charge is 0.226 e. The normalized spacial score (nSPS) is 33.9. The van der Waals surface area contributed by atoms with Crippen molar-refractivity contribution in [2.75, 3.05) is 19.6 Å². The van der Waals surface area contributed by atoms with Crippen LogP contribution in [0, 0.1) is 17.6 Å². The van der Waals surface area contributed by atoms with Crippen molar-refractivity contribution in [1.82, 2.24) is 9.80 Å². The molecule has 0 aliphatic carbocycles. The van der Waals surface area contributed by atoms with E-state index in [1.807, 2.05) is 24.0 Å². The second kappa shape index (κ2) is 6.52. The number of benzene rings is 1. The van der Waals surface area contributed by atoms with Gasteiger partial charge < -0.3 is 4.90 Å². The SMILES string of the molecule is CC=CCC(=O)N1C[C@@H](c2cccc(F)c2F)[C@@H]2[C@H]1C1CCN2CC1. The number of fused-ring (bicyclic) bond motifs is 2. The fraction of sp³-hybridized carbons (Fsp3) is 0.550. The third-order valence-electron chi connectivity index (χ3n) is 6.22. The van der Waals surface area contributed by atoms with Gasteiger partial charge in [-0.3, -0.25) is 9.69 Å². The minimum atomic E-state index is -0.802. The highest BCUT2D eigenvalue weighted by Crippen LogP contribution is 2.47. The molecule has 4 aliphatic rings. The fourth-order valence-electron chi connectivity index (χ4n) is 5.12. The van der Waals surface area contributed by atoms with Gasteiger partial charge in [-0.25, -0.2) is 8.78 Å². The number of halogens is 2. The lowest BCUT2D eigenvalue weighted by atomic mass is 9.75. The molecule has 0 unspecified atom stereocenters. The van der Waals surface area contributed by atoms with Crippen molar-refractivity contribution in [2.45, 2.75) is 44.2 Å².